The van der Waals surface area contributed by atoms with Crippen molar-refractivity contribution in [1.29, 1.82) is 0 Å². The summed E-state index contributed by atoms with van der Waals surface area (Å²) in [5, 5.41) is 3.12. The average Bonchev–Trinajstić information content (AvgIpc) is 2.71. The molecule has 0 aliphatic rings. The van der Waals surface area contributed by atoms with Crippen LogP contribution in [0.4, 0.5) is 8.78 Å². The summed E-state index contributed by atoms with van der Waals surface area (Å²) in [6.07, 6.45) is 0. The minimum atomic E-state index is -0.523. The number of hydrogen-bond donors (Lipinski definition) is 0. The van der Waals surface area contributed by atoms with Gasteiger partial charge in [0.1, 0.15) is 17.0 Å². The molecule has 0 nitrogen and oxygen atoms in total. The maximum absolute atomic E-state index is 13.2. The van der Waals surface area contributed by atoms with Crippen LogP contribution in [0.1, 0.15) is 0 Å². The lowest BCUT2D eigenvalue weighted by Crippen LogP contribution is -1.79. The molecule has 0 aliphatic heterocycles. The summed E-state index contributed by atoms with van der Waals surface area (Å²) in [5.41, 5.74) is 0. The number of benzene rings is 2. The second kappa shape index (κ2) is 3.93. The largest absolute Gasteiger partial charge is 0.207 e. The van der Waals surface area contributed by atoms with Crippen LogP contribution in [0.2, 0.25) is 0 Å². The Bertz CT molecular complexity index is 665. The lowest BCUT2D eigenvalue weighted by molar-refractivity contribution is 0.585. The topological polar surface area (TPSA) is 0 Å². The zero-order chi connectivity index (χ0) is 11.8. The highest BCUT2D eigenvalue weighted by molar-refractivity contribution is 7.43. The van der Waals surface area contributed by atoms with E-state index >= 15 is 0 Å². The molecule has 1 heterocycles. The van der Waals surface area contributed by atoms with Crippen LogP contribution in [0.15, 0.2) is 53.9 Å². The van der Waals surface area contributed by atoms with E-state index in [4.69, 9.17) is 0 Å². The van der Waals surface area contributed by atoms with Gasteiger partial charge in [0, 0.05) is 40.1 Å². The van der Waals surface area contributed by atoms with Crippen LogP contribution in [0.3, 0.4) is 0 Å². The third kappa shape index (κ3) is 1.83. The molecule has 0 bridgehead atoms. The van der Waals surface area contributed by atoms with Gasteiger partial charge in [0.2, 0.25) is 0 Å². The predicted molar refractivity (Wildman–Crippen MR) is 67.7 cm³/mol. The molecule has 0 amide bonds. The van der Waals surface area contributed by atoms with E-state index in [-0.39, 0.29) is 10.5 Å². The Morgan fingerprint density at radius 2 is 1.53 bits per heavy atom. The second-order valence-corrected chi connectivity index (χ2v) is 5.64. The molecule has 3 heteroatoms. The SMILES string of the molecule is Fc1cc(F)cc(-[s+]2ccc3ccccc32)c1. The maximum Gasteiger partial charge on any atom is 0.186 e. The number of fused-ring (bicyclic) bond motifs is 1. The molecule has 0 fully saturated rings. The van der Waals surface area contributed by atoms with Crippen molar-refractivity contribution in [2.75, 3.05) is 0 Å². The minimum absolute atomic E-state index is 0.347. The van der Waals surface area contributed by atoms with Crippen LogP contribution in [-0.4, -0.2) is 0 Å². The fraction of sp³-hybridized carbons (Fsp3) is 0. The van der Waals surface area contributed by atoms with Crippen molar-refractivity contribution in [3.05, 3.63) is 65.5 Å². The first kappa shape index (κ1) is 10.4. The predicted octanol–water partition coefficient (Wildman–Crippen LogP) is 4.86. The number of halogens is 2. The Morgan fingerprint density at radius 3 is 2.29 bits per heavy atom. The molecule has 1 aromatic heterocycles. The summed E-state index contributed by atoms with van der Waals surface area (Å²) < 4.78 is 27.5. The molecule has 84 valence electrons. The summed E-state index contributed by atoms with van der Waals surface area (Å²) in [6.45, 7) is 0. The first-order valence-electron chi connectivity index (χ1n) is 5.20. The summed E-state index contributed by atoms with van der Waals surface area (Å²) in [7, 11) is -0.347. The monoisotopic (exact) mass is 247 g/mol. The molecule has 1 unspecified atom stereocenters. The zero-order valence-electron chi connectivity index (χ0n) is 8.86. The van der Waals surface area contributed by atoms with Crippen molar-refractivity contribution in [1.82, 2.24) is 0 Å². The van der Waals surface area contributed by atoms with Gasteiger partial charge in [0.25, 0.3) is 0 Å². The summed E-state index contributed by atoms with van der Waals surface area (Å²) in [5.74, 6) is -1.05. The van der Waals surface area contributed by atoms with Gasteiger partial charge in [-0.25, -0.2) is 8.78 Å². The Balaban J connectivity index is 2.27. The Kier molecular flexibility index (Phi) is 2.41. The highest BCUT2D eigenvalue weighted by atomic mass is 32.2. The van der Waals surface area contributed by atoms with Gasteiger partial charge in [-0.1, -0.05) is 12.1 Å². The van der Waals surface area contributed by atoms with E-state index < -0.39 is 11.6 Å². The quantitative estimate of drug-likeness (QED) is 0.539. The molecule has 0 saturated heterocycles. The molecule has 2 aromatic carbocycles. The van der Waals surface area contributed by atoms with Crippen molar-refractivity contribution < 1.29 is 8.78 Å². The van der Waals surface area contributed by atoms with Crippen LogP contribution in [0, 0.1) is 11.6 Å². The Morgan fingerprint density at radius 1 is 0.824 bits per heavy atom. The first-order valence-corrected chi connectivity index (χ1v) is 6.49. The van der Waals surface area contributed by atoms with Crippen LogP contribution in [-0.2, 0) is 0 Å². The lowest BCUT2D eigenvalue weighted by Gasteiger charge is -1.93. The van der Waals surface area contributed by atoms with E-state index in [2.05, 4.69) is 0 Å². The molecule has 0 radical (unpaired) electrons. The first-order chi connectivity index (χ1) is 8.24. The molecular formula is C14H9F2S+. The summed E-state index contributed by atoms with van der Waals surface area (Å²) >= 11 is 0. The van der Waals surface area contributed by atoms with E-state index in [0.717, 1.165) is 16.2 Å². The van der Waals surface area contributed by atoms with Gasteiger partial charge in [-0.2, -0.15) is 0 Å². The third-order valence-electron chi connectivity index (χ3n) is 2.63. The van der Waals surface area contributed by atoms with E-state index in [1.165, 1.54) is 12.1 Å². The van der Waals surface area contributed by atoms with E-state index in [1.54, 1.807) is 0 Å². The molecule has 3 aromatic rings. The zero-order valence-corrected chi connectivity index (χ0v) is 9.68. The molecule has 0 spiro atoms. The molecule has 3 rings (SSSR count). The molecule has 0 N–H and O–H groups in total. The van der Waals surface area contributed by atoms with Crippen molar-refractivity contribution in [3.8, 4) is 4.90 Å². The number of hydrogen-bond acceptors (Lipinski definition) is 0. The van der Waals surface area contributed by atoms with E-state index in [0.29, 0.717) is 4.90 Å². The van der Waals surface area contributed by atoms with Crippen LogP contribution in [0.5, 0.6) is 0 Å². The Labute approximate surface area is 100 Å². The smallest absolute Gasteiger partial charge is 0.186 e. The van der Waals surface area contributed by atoms with Crippen molar-refractivity contribution in [3.63, 3.8) is 0 Å². The fourth-order valence-corrected chi connectivity index (χ4v) is 3.83. The van der Waals surface area contributed by atoms with Gasteiger partial charge >= 0.3 is 0 Å². The van der Waals surface area contributed by atoms with Crippen LogP contribution >= 0.6 is 10.5 Å². The van der Waals surface area contributed by atoms with Gasteiger partial charge < -0.3 is 0 Å². The third-order valence-corrected chi connectivity index (χ3v) is 4.63. The number of rotatable bonds is 1. The summed E-state index contributed by atoms with van der Waals surface area (Å²) in [6, 6.07) is 13.6. The summed E-state index contributed by atoms with van der Waals surface area (Å²) in [4.78, 5) is 0.684. The maximum atomic E-state index is 13.2. The molecule has 0 saturated carbocycles. The lowest BCUT2D eigenvalue weighted by atomic mass is 10.3. The molecular weight excluding hydrogens is 238 g/mol. The average molecular weight is 247 g/mol. The fourth-order valence-electron chi connectivity index (χ4n) is 1.89. The highest BCUT2D eigenvalue weighted by Gasteiger charge is 2.16. The molecule has 17 heavy (non-hydrogen) atoms. The second-order valence-electron chi connectivity index (χ2n) is 3.78. The van der Waals surface area contributed by atoms with Crippen molar-refractivity contribution in [2.45, 2.75) is 0 Å². The highest BCUT2D eigenvalue weighted by Crippen LogP contribution is 2.39. The molecule has 1 atom stereocenters. The number of thiophene rings is 1. The van der Waals surface area contributed by atoms with Crippen LogP contribution in [0.25, 0.3) is 15.0 Å². The van der Waals surface area contributed by atoms with E-state index in [1.807, 2.05) is 35.7 Å². The van der Waals surface area contributed by atoms with Crippen molar-refractivity contribution >= 4 is 20.6 Å². The van der Waals surface area contributed by atoms with Gasteiger partial charge in [-0.05, 0) is 12.1 Å². The van der Waals surface area contributed by atoms with Gasteiger partial charge in [-0.15, -0.1) is 0 Å². The van der Waals surface area contributed by atoms with Gasteiger partial charge in [0.15, 0.2) is 9.60 Å². The van der Waals surface area contributed by atoms with Gasteiger partial charge in [-0.3, -0.25) is 0 Å². The van der Waals surface area contributed by atoms with Gasteiger partial charge in [0.05, 0.1) is 0 Å². The van der Waals surface area contributed by atoms with Crippen molar-refractivity contribution in [2.24, 2.45) is 0 Å². The minimum Gasteiger partial charge on any atom is -0.207 e. The normalized spacial score (nSPS) is 12.0. The molecule has 0 aliphatic carbocycles. The van der Waals surface area contributed by atoms with E-state index in [9.17, 15) is 8.78 Å². The Hall–Kier alpha value is -1.74. The van der Waals surface area contributed by atoms with Crippen LogP contribution < -0.4 is 0 Å². The standard InChI is InChI=1S/C14H9F2S/c15-11-7-12(16)9-13(8-11)17-6-5-10-3-1-2-4-14(10)17/h1-9H/q+1.